The lowest BCUT2D eigenvalue weighted by Crippen LogP contribution is -2.30. The SMILES string of the molecule is [CH2]CNS(=O)(=O)C(C)C. The van der Waals surface area contributed by atoms with Gasteiger partial charge < -0.3 is 0 Å². The fourth-order valence-electron chi connectivity index (χ4n) is 0.309. The summed E-state index contributed by atoms with van der Waals surface area (Å²) in [6, 6.07) is 0. The highest BCUT2D eigenvalue weighted by Gasteiger charge is 2.12. The van der Waals surface area contributed by atoms with Crippen molar-refractivity contribution in [2.24, 2.45) is 0 Å². The van der Waals surface area contributed by atoms with Gasteiger partial charge in [-0.05, 0) is 20.8 Å². The minimum Gasteiger partial charge on any atom is -0.215 e. The zero-order chi connectivity index (χ0) is 7.49. The molecule has 0 rings (SSSR count). The van der Waals surface area contributed by atoms with E-state index in [1.54, 1.807) is 13.8 Å². The molecule has 0 bridgehead atoms. The van der Waals surface area contributed by atoms with Gasteiger partial charge >= 0.3 is 0 Å². The van der Waals surface area contributed by atoms with E-state index in [9.17, 15) is 8.42 Å². The molecular weight excluding hydrogens is 138 g/mol. The van der Waals surface area contributed by atoms with Crippen LogP contribution in [0.2, 0.25) is 0 Å². The van der Waals surface area contributed by atoms with E-state index >= 15 is 0 Å². The lowest BCUT2D eigenvalue weighted by molar-refractivity contribution is 0.576. The molecular formula is C5H12NO2S. The van der Waals surface area contributed by atoms with Crippen LogP contribution in [-0.4, -0.2) is 20.2 Å². The summed E-state index contributed by atoms with van der Waals surface area (Å²) in [6.45, 7) is 6.83. The van der Waals surface area contributed by atoms with Gasteiger partial charge in [-0.15, -0.1) is 0 Å². The predicted molar refractivity (Wildman–Crippen MR) is 37.4 cm³/mol. The van der Waals surface area contributed by atoms with Gasteiger partial charge in [-0.3, -0.25) is 0 Å². The van der Waals surface area contributed by atoms with Crippen LogP contribution < -0.4 is 4.72 Å². The molecule has 4 heteroatoms. The number of rotatable bonds is 3. The first-order chi connectivity index (χ1) is 4.00. The van der Waals surface area contributed by atoms with Crippen molar-refractivity contribution in [3.05, 3.63) is 6.92 Å². The summed E-state index contributed by atoms with van der Waals surface area (Å²) in [5, 5.41) is -0.362. The molecule has 0 aromatic rings. The average molecular weight is 150 g/mol. The number of hydrogen-bond donors (Lipinski definition) is 1. The smallest absolute Gasteiger partial charge is 0.213 e. The topological polar surface area (TPSA) is 46.2 Å². The van der Waals surface area contributed by atoms with Crippen molar-refractivity contribution in [1.29, 1.82) is 0 Å². The molecule has 0 amide bonds. The van der Waals surface area contributed by atoms with E-state index in [-0.39, 0.29) is 11.8 Å². The molecule has 0 aliphatic carbocycles. The Morgan fingerprint density at radius 1 is 1.56 bits per heavy atom. The molecule has 0 saturated carbocycles. The second kappa shape index (κ2) is 3.17. The van der Waals surface area contributed by atoms with E-state index in [0.717, 1.165) is 0 Å². The zero-order valence-electron chi connectivity index (χ0n) is 5.72. The highest BCUT2D eigenvalue weighted by Crippen LogP contribution is 1.93. The number of sulfonamides is 1. The van der Waals surface area contributed by atoms with Crippen LogP contribution in [0.5, 0.6) is 0 Å². The van der Waals surface area contributed by atoms with Gasteiger partial charge in [-0.1, -0.05) is 0 Å². The third-order valence-corrected chi connectivity index (χ3v) is 2.77. The minimum absolute atomic E-state index is 0.223. The van der Waals surface area contributed by atoms with Gasteiger partial charge in [0, 0.05) is 6.54 Å². The fraction of sp³-hybridized carbons (Fsp3) is 0.800. The third-order valence-electron chi connectivity index (χ3n) is 0.924. The van der Waals surface area contributed by atoms with Crippen molar-refractivity contribution in [2.75, 3.05) is 6.54 Å². The lowest BCUT2D eigenvalue weighted by atomic mass is 10.6. The molecule has 0 atom stereocenters. The predicted octanol–water partition coefficient (Wildman–Crippen LogP) is 0.148. The van der Waals surface area contributed by atoms with E-state index in [1.807, 2.05) is 0 Å². The summed E-state index contributed by atoms with van der Waals surface area (Å²) in [5.74, 6) is 0. The first-order valence-electron chi connectivity index (χ1n) is 2.78. The Kier molecular flexibility index (Phi) is 3.14. The summed E-state index contributed by atoms with van der Waals surface area (Å²) >= 11 is 0. The van der Waals surface area contributed by atoms with Crippen LogP contribution in [0.3, 0.4) is 0 Å². The number of nitrogens with one attached hydrogen (secondary N) is 1. The van der Waals surface area contributed by atoms with Crippen LogP contribution in [0.15, 0.2) is 0 Å². The van der Waals surface area contributed by atoms with Gasteiger partial charge in [0.15, 0.2) is 0 Å². The first kappa shape index (κ1) is 8.91. The van der Waals surface area contributed by atoms with Crippen molar-refractivity contribution in [3.8, 4) is 0 Å². The Balaban J connectivity index is 4.05. The van der Waals surface area contributed by atoms with E-state index < -0.39 is 10.0 Å². The van der Waals surface area contributed by atoms with Crippen LogP contribution in [0.1, 0.15) is 13.8 Å². The van der Waals surface area contributed by atoms with Gasteiger partial charge in [-0.2, -0.15) is 0 Å². The Labute approximate surface area is 56.5 Å². The van der Waals surface area contributed by atoms with Crippen LogP contribution in [-0.2, 0) is 10.0 Å². The van der Waals surface area contributed by atoms with E-state index in [0.29, 0.717) is 0 Å². The van der Waals surface area contributed by atoms with E-state index in [2.05, 4.69) is 11.6 Å². The quantitative estimate of drug-likeness (QED) is 0.622. The monoisotopic (exact) mass is 150 g/mol. The maximum atomic E-state index is 10.8. The zero-order valence-corrected chi connectivity index (χ0v) is 6.53. The summed E-state index contributed by atoms with van der Waals surface area (Å²) in [4.78, 5) is 0. The van der Waals surface area contributed by atoms with Gasteiger partial charge in [0.2, 0.25) is 10.0 Å². The van der Waals surface area contributed by atoms with Crippen molar-refractivity contribution < 1.29 is 8.42 Å². The highest BCUT2D eigenvalue weighted by molar-refractivity contribution is 7.90. The Hall–Kier alpha value is -0.0900. The molecule has 3 nitrogen and oxygen atoms in total. The number of hydrogen-bond acceptors (Lipinski definition) is 2. The molecule has 0 heterocycles. The second-order valence-corrected chi connectivity index (χ2v) is 4.31. The first-order valence-corrected chi connectivity index (χ1v) is 4.33. The molecule has 0 aliphatic rings. The largest absolute Gasteiger partial charge is 0.215 e. The normalized spacial score (nSPS) is 12.4. The summed E-state index contributed by atoms with van der Waals surface area (Å²) < 4.78 is 23.8. The molecule has 0 aromatic heterocycles. The lowest BCUT2D eigenvalue weighted by Gasteiger charge is -2.05. The van der Waals surface area contributed by atoms with Gasteiger partial charge in [0.05, 0.1) is 5.25 Å². The second-order valence-electron chi connectivity index (χ2n) is 1.99. The van der Waals surface area contributed by atoms with Crippen LogP contribution >= 0.6 is 0 Å². The third kappa shape index (κ3) is 2.81. The Bertz CT molecular complexity index is 160. The maximum Gasteiger partial charge on any atom is 0.213 e. The van der Waals surface area contributed by atoms with Crippen LogP contribution in [0.25, 0.3) is 0 Å². The van der Waals surface area contributed by atoms with Crippen molar-refractivity contribution >= 4 is 10.0 Å². The standard InChI is InChI=1S/C5H12NO2S/c1-4-6-9(7,8)5(2)3/h5-6H,1,4H2,2-3H3. The fourth-order valence-corrected chi connectivity index (χ4v) is 0.927. The summed E-state index contributed by atoms with van der Waals surface area (Å²) in [7, 11) is -3.06. The van der Waals surface area contributed by atoms with Crippen molar-refractivity contribution in [3.63, 3.8) is 0 Å². The molecule has 0 spiro atoms. The summed E-state index contributed by atoms with van der Waals surface area (Å²) in [6.07, 6.45) is 0. The Morgan fingerprint density at radius 3 is 2.11 bits per heavy atom. The van der Waals surface area contributed by atoms with E-state index in [1.165, 1.54) is 0 Å². The minimum atomic E-state index is -3.06. The molecule has 0 fully saturated rings. The summed E-state index contributed by atoms with van der Waals surface area (Å²) in [5.41, 5.74) is 0. The molecule has 1 N–H and O–H groups in total. The van der Waals surface area contributed by atoms with Crippen molar-refractivity contribution in [2.45, 2.75) is 19.1 Å². The molecule has 0 aromatic carbocycles. The molecule has 9 heavy (non-hydrogen) atoms. The molecule has 0 saturated heterocycles. The highest BCUT2D eigenvalue weighted by atomic mass is 32.2. The van der Waals surface area contributed by atoms with E-state index in [4.69, 9.17) is 0 Å². The Morgan fingerprint density at radius 2 is 2.00 bits per heavy atom. The van der Waals surface area contributed by atoms with Crippen molar-refractivity contribution in [1.82, 2.24) is 4.72 Å². The van der Waals surface area contributed by atoms with Crippen LogP contribution in [0, 0.1) is 6.92 Å². The molecule has 0 unspecified atom stereocenters. The van der Waals surface area contributed by atoms with Gasteiger partial charge in [0.1, 0.15) is 0 Å². The van der Waals surface area contributed by atoms with Gasteiger partial charge in [-0.25, -0.2) is 13.1 Å². The van der Waals surface area contributed by atoms with Gasteiger partial charge in [0.25, 0.3) is 0 Å². The average Bonchev–Trinajstić information content (AvgIpc) is 1.65. The maximum absolute atomic E-state index is 10.8. The molecule has 55 valence electrons. The molecule has 0 aliphatic heterocycles. The molecule has 1 radical (unpaired) electrons. The van der Waals surface area contributed by atoms with Crippen LogP contribution in [0.4, 0.5) is 0 Å².